The summed E-state index contributed by atoms with van der Waals surface area (Å²) >= 11 is 0. The van der Waals surface area contributed by atoms with Crippen LogP contribution in [0.4, 0.5) is 0 Å². The van der Waals surface area contributed by atoms with E-state index in [0.717, 1.165) is 19.3 Å². The lowest BCUT2D eigenvalue weighted by molar-refractivity contribution is -0.0195. The molecule has 1 rings (SSSR count). The molecule has 1 heterocycles. The van der Waals surface area contributed by atoms with Crippen molar-refractivity contribution in [2.75, 3.05) is 0 Å². The maximum absolute atomic E-state index is 5.97. The Morgan fingerprint density at radius 3 is 2.64 bits per heavy atom. The Kier molecular flexibility index (Phi) is 4.39. The van der Waals surface area contributed by atoms with Gasteiger partial charge in [-0.15, -0.1) is 0 Å². The zero-order valence-electron chi connectivity index (χ0n) is 9.88. The third-order valence-corrected chi connectivity index (χ3v) is 3.07. The molecular weight excluding hydrogens is 174 g/mol. The second kappa shape index (κ2) is 5.13. The van der Waals surface area contributed by atoms with E-state index in [1.807, 2.05) is 0 Å². The zero-order chi connectivity index (χ0) is 10.6. The monoisotopic (exact) mass is 199 g/mol. The van der Waals surface area contributed by atoms with Crippen molar-refractivity contribution in [3.63, 3.8) is 0 Å². The van der Waals surface area contributed by atoms with Gasteiger partial charge in [0.15, 0.2) is 0 Å². The van der Waals surface area contributed by atoms with E-state index in [4.69, 9.17) is 10.5 Å². The maximum Gasteiger partial charge on any atom is 0.0631 e. The molecule has 1 fully saturated rings. The van der Waals surface area contributed by atoms with Crippen LogP contribution in [0.5, 0.6) is 0 Å². The number of nitrogens with two attached hydrogens (primary N) is 1. The average molecular weight is 199 g/mol. The minimum Gasteiger partial charge on any atom is -0.372 e. The number of ether oxygens (including phenoxy) is 1. The van der Waals surface area contributed by atoms with Crippen LogP contribution >= 0.6 is 0 Å². The minimum absolute atomic E-state index is 0.111. The number of rotatable bonds is 5. The van der Waals surface area contributed by atoms with E-state index in [9.17, 15) is 0 Å². The van der Waals surface area contributed by atoms with Gasteiger partial charge in [-0.25, -0.2) is 0 Å². The minimum atomic E-state index is 0.111. The number of hydrogen-bond acceptors (Lipinski definition) is 2. The van der Waals surface area contributed by atoms with Crippen molar-refractivity contribution in [2.45, 2.75) is 77.0 Å². The van der Waals surface area contributed by atoms with Crippen LogP contribution in [0.3, 0.4) is 0 Å². The lowest BCUT2D eigenvalue weighted by Gasteiger charge is -2.20. The first-order valence-electron chi connectivity index (χ1n) is 5.97. The van der Waals surface area contributed by atoms with Crippen molar-refractivity contribution < 1.29 is 4.74 Å². The fourth-order valence-electron chi connectivity index (χ4n) is 2.20. The van der Waals surface area contributed by atoms with Gasteiger partial charge in [0.1, 0.15) is 0 Å². The van der Waals surface area contributed by atoms with E-state index < -0.39 is 0 Å². The Hall–Kier alpha value is -0.0800. The molecule has 0 radical (unpaired) electrons. The fraction of sp³-hybridized carbons (Fsp3) is 1.00. The standard InChI is InChI=1S/C12H25NO/c1-4-5-10(13)6-7-11-8-9-12(2,3)14-11/h10-11H,4-9,13H2,1-3H3. The van der Waals surface area contributed by atoms with Crippen LogP contribution in [0.25, 0.3) is 0 Å². The van der Waals surface area contributed by atoms with Crippen molar-refractivity contribution >= 4 is 0 Å². The summed E-state index contributed by atoms with van der Waals surface area (Å²) in [4.78, 5) is 0. The third-order valence-electron chi connectivity index (χ3n) is 3.07. The Morgan fingerprint density at radius 1 is 1.43 bits per heavy atom. The van der Waals surface area contributed by atoms with Crippen molar-refractivity contribution in [1.82, 2.24) is 0 Å². The van der Waals surface area contributed by atoms with Gasteiger partial charge < -0.3 is 10.5 Å². The van der Waals surface area contributed by atoms with Crippen LogP contribution < -0.4 is 5.73 Å². The van der Waals surface area contributed by atoms with Gasteiger partial charge in [-0.3, -0.25) is 0 Å². The predicted molar refractivity (Wildman–Crippen MR) is 60.3 cm³/mol. The van der Waals surface area contributed by atoms with Crippen LogP contribution in [0, 0.1) is 0 Å². The van der Waals surface area contributed by atoms with E-state index >= 15 is 0 Å². The lowest BCUT2D eigenvalue weighted by Crippen LogP contribution is -2.24. The average Bonchev–Trinajstić information content (AvgIpc) is 2.43. The summed E-state index contributed by atoms with van der Waals surface area (Å²) in [5, 5.41) is 0. The molecule has 84 valence electrons. The molecule has 2 atom stereocenters. The molecule has 1 aliphatic rings. The third kappa shape index (κ3) is 3.97. The highest BCUT2D eigenvalue weighted by molar-refractivity contribution is 4.81. The summed E-state index contributed by atoms with van der Waals surface area (Å²) in [6, 6.07) is 0.382. The van der Waals surface area contributed by atoms with Crippen LogP contribution in [0.2, 0.25) is 0 Å². The van der Waals surface area contributed by atoms with Gasteiger partial charge in [-0.2, -0.15) is 0 Å². The molecule has 0 bridgehead atoms. The van der Waals surface area contributed by atoms with Gasteiger partial charge >= 0.3 is 0 Å². The van der Waals surface area contributed by atoms with E-state index in [2.05, 4.69) is 20.8 Å². The first-order valence-corrected chi connectivity index (χ1v) is 5.97. The molecule has 0 saturated carbocycles. The lowest BCUT2D eigenvalue weighted by atomic mass is 10.0. The van der Waals surface area contributed by atoms with E-state index in [1.165, 1.54) is 19.3 Å². The maximum atomic E-state index is 5.97. The molecule has 0 aromatic carbocycles. The highest BCUT2D eigenvalue weighted by Crippen LogP contribution is 2.31. The molecule has 2 heteroatoms. The van der Waals surface area contributed by atoms with Gasteiger partial charge in [0.25, 0.3) is 0 Å². The summed E-state index contributed by atoms with van der Waals surface area (Å²) in [6.45, 7) is 6.55. The predicted octanol–water partition coefficient (Wildman–Crippen LogP) is 2.85. The molecule has 1 aliphatic heterocycles. The highest BCUT2D eigenvalue weighted by atomic mass is 16.5. The van der Waals surface area contributed by atoms with Crippen LogP contribution in [-0.4, -0.2) is 17.7 Å². The molecule has 2 unspecified atom stereocenters. The summed E-state index contributed by atoms with van der Waals surface area (Å²) in [6.07, 6.45) is 7.48. The zero-order valence-corrected chi connectivity index (χ0v) is 9.88. The molecule has 2 nitrogen and oxygen atoms in total. The molecule has 0 aliphatic carbocycles. The van der Waals surface area contributed by atoms with E-state index in [-0.39, 0.29) is 5.60 Å². The first kappa shape index (κ1) is 12.0. The number of hydrogen-bond donors (Lipinski definition) is 1. The van der Waals surface area contributed by atoms with E-state index in [1.54, 1.807) is 0 Å². The Balaban J connectivity index is 2.14. The van der Waals surface area contributed by atoms with Gasteiger partial charge in [0.2, 0.25) is 0 Å². The van der Waals surface area contributed by atoms with Crippen LogP contribution in [-0.2, 0) is 4.74 Å². The van der Waals surface area contributed by atoms with E-state index in [0.29, 0.717) is 12.1 Å². The molecule has 0 aromatic rings. The Morgan fingerprint density at radius 2 is 2.14 bits per heavy atom. The summed E-state index contributed by atoms with van der Waals surface area (Å²) < 4.78 is 5.92. The van der Waals surface area contributed by atoms with Gasteiger partial charge in [0, 0.05) is 6.04 Å². The van der Waals surface area contributed by atoms with Crippen molar-refractivity contribution in [1.29, 1.82) is 0 Å². The van der Waals surface area contributed by atoms with Crippen LogP contribution in [0.1, 0.15) is 59.3 Å². The van der Waals surface area contributed by atoms with Crippen molar-refractivity contribution in [2.24, 2.45) is 5.73 Å². The molecule has 2 N–H and O–H groups in total. The molecule has 0 spiro atoms. The van der Waals surface area contributed by atoms with Crippen LogP contribution in [0.15, 0.2) is 0 Å². The molecule has 0 amide bonds. The van der Waals surface area contributed by atoms with Gasteiger partial charge in [-0.05, 0) is 46.0 Å². The van der Waals surface area contributed by atoms with Crippen molar-refractivity contribution in [3.8, 4) is 0 Å². The fourth-order valence-corrected chi connectivity index (χ4v) is 2.20. The summed E-state index contributed by atoms with van der Waals surface area (Å²) in [7, 11) is 0. The second-order valence-corrected chi connectivity index (χ2v) is 5.16. The molecule has 0 aromatic heterocycles. The van der Waals surface area contributed by atoms with Gasteiger partial charge in [-0.1, -0.05) is 13.3 Å². The Bertz CT molecular complexity index is 168. The normalized spacial score (nSPS) is 27.9. The first-order chi connectivity index (χ1) is 6.53. The highest BCUT2D eigenvalue weighted by Gasteiger charge is 2.31. The summed E-state index contributed by atoms with van der Waals surface area (Å²) in [5.74, 6) is 0. The topological polar surface area (TPSA) is 35.2 Å². The second-order valence-electron chi connectivity index (χ2n) is 5.16. The quantitative estimate of drug-likeness (QED) is 0.739. The summed E-state index contributed by atoms with van der Waals surface area (Å²) in [5.41, 5.74) is 6.08. The largest absolute Gasteiger partial charge is 0.372 e. The molecular formula is C12H25NO. The van der Waals surface area contributed by atoms with Gasteiger partial charge in [0.05, 0.1) is 11.7 Å². The Labute approximate surface area is 88.2 Å². The SMILES string of the molecule is CCCC(N)CCC1CCC(C)(C)O1. The molecule has 1 saturated heterocycles. The van der Waals surface area contributed by atoms with Crippen molar-refractivity contribution in [3.05, 3.63) is 0 Å². The smallest absolute Gasteiger partial charge is 0.0631 e. The molecule has 14 heavy (non-hydrogen) atoms.